The maximum absolute atomic E-state index is 10.5. The van der Waals surface area contributed by atoms with Gasteiger partial charge in [-0.05, 0) is 12.2 Å². The number of H-pyrrole nitrogens is 1. The van der Waals surface area contributed by atoms with Crippen molar-refractivity contribution in [1.29, 1.82) is 0 Å². The van der Waals surface area contributed by atoms with E-state index in [0.29, 0.717) is 6.54 Å². The highest BCUT2D eigenvalue weighted by Gasteiger charge is 2.11. The zero-order valence-electron chi connectivity index (χ0n) is 6.15. The molecule has 2 N–H and O–H groups in total. The van der Waals surface area contributed by atoms with Crippen molar-refractivity contribution < 1.29 is 9.90 Å². The minimum Gasteiger partial charge on any atom is -0.475 e. The van der Waals surface area contributed by atoms with Crippen molar-refractivity contribution in [2.45, 2.75) is 6.54 Å². The third kappa shape index (κ3) is 1.42. The van der Waals surface area contributed by atoms with Crippen molar-refractivity contribution in [2.24, 2.45) is 0 Å². The van der Waals surface area contributed by atoms with Crippen LogP contribution in [0.4, 0.5) is 0 Å². The van der Waals surface area contributed by atoms with Gasteiger partial charge in [-0.25, -0.2) is 4.79 Å². The Morgan fingerprint density at radius 3 is 3.08 bits per heavy atom. The van der Waals surface area contributed by atoms with E-state index in [1.165, 1.54) is 4.57 Å². The number of aromatic amines is 1. The van der Waals surface area contributed by atoms with Gasteiger partial charge in [0.1, 0.15) is 0 Å². The number of aromatic nitrogens is 3. The lowest BCUT2D eigenvalue weighted by molar-refractivity contribution is 0.0678. The average molecular weight is 185 g/mol. The van der Waals surface area contributed by atoms with Gasteiger partial charge in [-0.15, -0.1) is 11.7 Å². The smallest absolute Gasteiger partial charge is 0.374 e. The zero-order chi connectivity index (χ0) is 9.14. The van der Waals surface area contributed by atoms with E-state index in [2.05, 4.69) is 16.8 Å². The molecule has 0 unspecified atom stereocenters. The molecule has 1 heterocycles. The molecule has 0 saturated carbocycles. The summed E-state index contributed by atoms with van der Waals surface area (Å²) in [5.74, 6) is -1.20. The molecule has 0 saturated heterocycles. The Hall–Kier alpha value is -1.43. The predicted octanol–water partition coefficient (Wildman–Crippen LogP) is 0.825. The summed E-state index contributed by atoms with van der Waals surface area (Å²) in [5, 5.41) is 14.5. The Morgan fingerprint density at radius 1 is 1.92 bits per heavy atom. The van der Waals surface area contributed by atoms with Gasteiger partial charge in [0.05, 0.1) is 0 Å². The molecule has 0 aliphatic rings. The number of nitrogens with one attached hydrogen (secondary N) is 1. The van der Waals surface area contributed by atoms with Crippen LogP contribution in [0, 0.1) is 4.77 Å². The lowest BCUT2D eigenvalue weighted by Crippen LogP contribution is -2.08. The molecule has 6 heteroatoms. The maximum Gasteiger partial charge on any atom is 0.374 e. The van der Waals surface area contributed by atoms with Gasteiger partial charge in [-0.3, -0.25) is 9.67 Å². The van der Waals surface area contributed by atoms with Crippen LogP contribution >= 0.6 is 12.2 Å². The average Bonchev–Trinajstić information content (AvgIpc) is 2.34. The standard InChI is InChI=1S/C6H7N3O2S/c1-2-3-9-4(5(10)11)7-8-6(9)12/h2H,1,3H2,(H,8,12)(H,10,11). The van der Waals surface area contributed by atoms with E-state index in [1.807, 2.05) is 0 Å². The molecule has 0 spiro atoms. The van der Waals surface area contributed by atoms with E-state index in [0.717, 1.165) is 0 Å². The minimum absolute atomic E-state index is 0.0973. The predicted molar refractivity (Wildman–Crippen MR) is 44.6 cm³/mol. The topological polar surface area (TPSA) is 70.9 Å². The first-order valence-corrected chi connectivity index (χ1v) is 3.57. The lowest BCUT2D eigenvalue weighted by Gasteiger charge is -1.96. The maximum atomic E-state index is 10.5. The van der Waals surface area contributed by atoms with Crippen LogP contribution in [-0.4, -0.2) is 25.8 Å². The lowest BCUT2D eigenvalue weighted by atomic mass is 10.5. The Bertz CT molecular complexity index is 365. The first kappa shape index (κ1) is 8.66. The molecule has 1 rings (SSSR count). The molecule has 0 bridgehead atoms. The number of aromatic carboxylic acids is 1. The molecular formula is C6H7N3O2S. The summed E-state index contributed by atoms with van der Waals surface area (Å²) in [6.45, 7) is 3.82. The van der Waals surface area contributed by atoms with E-state index in [9.17, 15) is 4.79 Å². The quantitative estimate of drug-likeness (QED) is 0.540. The summed E-state index contributed by atoms with van der Waals surface area (Å²) in [6.07, 6.45) is 1.55. The van der Waals surface area contributed by atoms with Crippen LogP contribution in [0.25, 0.3) is 0 Å². The van der Waals surface area contributed by atoms with Crippen LogP contribution in [-0.2, 0) is 6.54 Å². The third-order valence-corrected chi connectivity index (χ3v) is 1.57. The Labute approximate surface area is 73.3 Å². The van der Waals surface area contributed by atoms with Gasteiger partial charge >= 0.3 is 5.97 Å². The van der Waals surface area contributed by atoms with Gasteiger partial charge in [-0.2, -0.15) is 0 Å². The number of hydrogen-bond acceptors (Lipinski definition) is 3. The second-order valence-electron chi connectivity index (χ2n) is 2.06. The SMILES string of the molecule is C=CCn1c(C(=O)O)n[nH]c1=S. The van der Waals surface area contributed by atoms with Gasteiger partial charge in [0, 0.05) is 6.54 Å². The summed E-state index contributed by atoms with van der Waals surface area (Å²) >= 11 is 4.79. The summed E-state index contributed by atoms with van der Waals surface area (Å²) in [4.78, 5) is 10.5. The monoisotopic (exact) mass is 185 g/mol. The molecule has 5 nitrogen and oxygen atoms in total. The van der Waals surface area contributed by atoms with Gasteiger partial charge < -0.3 is 5.11 Å². The number of carbonyl (C=O) groups is 1. The molecule has 0 aliphatic heterocycles. The summed E-state index contributed by atoms with van der Waals surface area (Å²) in [7, 11) is 0. The van der Waals surface area contributed by atoms with Crippen LogP contribution < -0.4 is 0 Å². The highest BCUT2D eigenvalue weighted by atomic mass is 32.1. The van der Waals surface area contributed by atoms with E-state index in [-0.39, 0.29) is 10.6 Å². The van der Waals surface area contributed by atoms with Gasteiger partial charge in [0.25, 0.3) is 0 Å². The number of carboxylic acids is 1. The number of allylic oxidation sites excluding steroid dienone is 1. The highest BCUT2D eigenvalue weighted by molar-refractivity contribution is 7.71. The van der Waals surface area contributed by atoms with Crippen LogP contribution in [0.1, 0.15) is 10.6 Å². The van der Waals surface area contributed by atoms with E-state index >= 15 is 0 Å². The molecule has 0 aromatic carbocycles. The Morgan fingerprint density at radius 2 is 2.58 bits per heavy atom. The second kappa shape index (κ2) is 3.31. The molecule has 0 radical (unpaired) electrons. The van der Waals surface area contributed by atoms with Crippen LogP contribution in [0.15, 0.2) is 12.7 Å². The molecule has 0 amide bonds. The van der Waals surface area contributed by atoms with Gasteiger partial charge in [-0.1, -0.05) is 6.08 Å². The number of nitrogens with zero attached hydrogens (tertiary/aromatic N) is 2. The fraction of sp³-hybridized carbons (Fsp3) is 0.167. The third-order valence-electron chi connectivity index (χ3n) is 1.26. The molecule has 0 atom stereocenters. The first-order chi connectivity index (χ1) is 5.66. The van der Waals surface area contributed by atoms with Crippen molar-refractivity contribution in [3.8, 4) is 0 Å². The van der Waals surface area contributed by atoms with Crippen molar-refractivity contribution >= 4 is 18.2 Å². The molecule has 1 aromatic heterocycles. The van der Waals surface area contributed by atoms with Crippen molar-refractivity contribution in [3.05, 3.63) is 23.3 Å². The molecular weight excluding hydrogens is 178 g/mol. The molecule has 0 fully saturated rings. The zero-order valence-corrected chi connectivity index (χ0v) is 6.97. The van der Waals surface area contributed by atoms with Crippen molar-refractivity contribution in [2.75, 3.05) is 0 Å². The summed E-state index contributed by atoms with van der Waals surface area (Å²) in [5.41, 5.74) is 0. The number of hydrogen-bond donors (Lipinski definition) is 2. The Kier molecular flexibility index (Phi) is 2.39. The Balaban J connectivity index is 3.21. The molecule has 1 aromatic rings. The van der Waals surface area contributed by atoms with Gasteiger partial charge in [0.2, 0.25) is 5.82 Å². The highest BCUT2D eigenvalue weighted by Crippen LogP contribution is 1.97. The molecule has 0 aliphatic carbocycles. The number of carboxylic acid groups (broad SMARTS) is 1. The van der Waals surface area contributed by atoms with Gasteiger partial charge in [0.15, 0.2) is 4.77 Å². The minimum atomic E-state index is -1.11. The normalized spacial score (nSPS) is 9.67. The second-order valence-corrected chi connectivity index (χ2v) is 2.44. The summed E-state index contributed by atoms with van der Waals surface area (Å²) < 4.78 is 1.64. The van der Waals surface area contributed by atoms with E-state index < -0.39 is 5.97 Å². The van der Waals surface area contributed by atoms with E-state index in [4.69, 9.17) is 17.3 Å². The van der Waals surface area contributed by atoms with Crippen LogP contribution in [0.2, 0.25) is 0 Å². The molecule has 64 valence electrons. The largest absolute Gasteiger partial charge is 0.475 e. The fourth-order valence-electron chi connectivity index (χ4n) is 0.779. The van der Waals surface area contributed by atoms with Crippen LogP contribution in [0.5, 0.6) is 0 Å². The molecule has 12 heavy (non-hydrogen) atoms. The van der Waals surface area contributed by atoms with Crippen molar-refractivity contribution in [3.63, 3.8) is 0 Å². The van der Waals surface area contributed by atoms with E-state index in [1.54, 1.807) is 6.08 Å². The first-order valence-electron chi connectivity index (χ1n) is 3.16. The van der Waals surface area contributed by atoms with Crippen LogP contribution in [0.3, 0.4) is 0 Å². The van der Waals surface area contributed by atoms with Crippen molar-refractivity contribution in [1.82, 2.24) is 14.8 Å². The fourth-order valence-corrected chi connectivity index (χ4v) is 0.986. The number of rotatable bonds is 3. The summed E-state index contributed by atoms with van der Waals surface area (Å²) in [6, 6.07) is 0.